The third-order valence-corrected chi connectivity index (χ3v) is 6.14. The van der Waals surface area contributed by atoms with E-state index in [9.17, 15) is 12.8 Å². The van der Waals surface area contributed by atoms with Gasteiger partial charge in [-0.05, 0) is 45.1 Å². The van der Waals surface area contributed by atoms with Crippen LogP contribution in [-0.4, -0.2) is 19.8 Å². The summed E-state index contributed by atoms with van der Waals surface area (Å²) in [6.07, 6.45) is 0. The number of nitrogen functional groups attached to an aromatic ring is 1. The molecule has 2 N–H and O–H groups in total. The van der Waals surface area contributed by atoms with Gasteiger partial charge in [0.25, 0.3) is 0 Å². The van der Waals surface area contributed by atoms with Crippen LogP contribution in [0.25, 0.3) is 0 Å². The molecule has 0 aliphatic carbocycles. The van der Waals surface area contributed by atoms with Gasteiger partial charge in [-0.15, -0.1) is 11.3 Å². The normalized spacial score (nSPS) is 12.0. The molecule has 0 unspecified atom stereocenters. The molecule has 1 aromatic carbocycles. The number of thiophene rings is 1. The third kappa shape index (κ3) is 3.03. The first-order chi connectivity index (χ1) is 9.32. The summed E-state index contributed by atoms with van der Waals surface area (Å²) in [6, 6.07) is 5.59. The fourth-order valence-corrected chi connectivity index (χ4v) is 4.16. The van der Waals surface area contributed by atoms with E-state index in [4.69, 9.17) is 5.73 Å². The highest BCUT2D eigenvalue weighted by molar-refractivity contribution is 9.11. The molecule has 8 heteroatoms. The molecular formula is C12H12BrFN2O2S2. The molecule has 0 saturated carbocycles. The minimum Gasteiger partial charge on any atom is -0.395 e. The van der Waals surface area contributed by atoms with E-state index in [1.165, 1.54) is 30.5 Å². The third-order valence-electron chi connectivity index (χ3n) is 2.73. The van der Waals surface area contributed by atoms with Crippen LogP contribution in [0.4, 0.5) is 10.1 Å². The molecule has 0 aliphatic rings. The Bertz CT molecular complexity index is 731. The van der Waals surface area contributed by atoms with E-state index in [-0.39, 0.29) is 17.1 Å². The Morgan fingerprint density at radius 1 is 1.45 bits per heavy atom. The second-order valence-electron chi connectivity index (χ2n) is 4.17. The Morgan fingerprint density at radius 2 is 2.15 bits per heavy atom. The molecule has 0 saturated heterocycles. The topological polar surface area (TPSA) is 63.4 Å². The molecule has 0 fully saturated rings. The lowest BCUT2D eigenvalue weighted by atomic mass is 10.3. The van der Waals surface area contributed by atoms with Crippen molar-refractivity contribution in [2.45, 2.75) is 11.4 Å². The number of hydrogen-bond donors (Lipinski definition) is 1. The van der Waals surface area contributed by atoms with Gasteiger partial charge >= 0.3 is 0 Å². The fraction of sp³-hybridized carbons (Fsp3) is 0.167. The number of benzene rings is 1. The first-order valence-electron chi connectivity index (χ1n) is 5.55. The highest BCUT2D eigenvalue weighted by Crippen LogP contribution is 2.26. The van der Waals surface area contributed by atoms with E-state index in [1.54, 1.807) is 0 Å². The summed E-state index contributed by atoms with van der Waals surface area (Å²) in [6.45, 7) is 0.195. The summed E-state index contributed by atoms with van der Waals surface area (Å²) in [7, 11) is -2.39. The average Bonchev–Trinajstić information content (AvgIpc) is 2.78. The SMILES string of the molecule is CN(Cc1csc(Br)c1)S(=O)(=O)c1cccc(F)c1N. The van der Waals surface area contributed by atoms with Crippen molar-refractivity contribution in [2.75, 3.05) is 12.8 Å². The molecule has 2 aromatic rings. The largest absolute Gasteiger partial charge is 0.395 e. The number of para-hydroxylation sites is 1. The molecule has 2 rings (SSSR count). The van der Waals surface area contributed by atoms with Crippen molar-refractivity contribution in [3.8, 4) is 0 Å². The molecule has 4 nitrogen and oxygen atoms in total. The van der Waals surface area contributed by atoms with Crippen LogP contribution < -0.4 is 5.73 Å². The van der Waals surface area contributed by atoms with Gasteiger partial charge in [-0.2, -0.15) is 4.31 Å². The Kier molecular flexibility index (Phi) is 4.48. The van der Waals surface area contributed by atoms with Gasteiger partial charge in [-0.1, -0.05) is 6.07 Å². The van der Waals surface area contributed by atoms with Gasteiger partial charge < -0.3 is 5.73 Å². The lowest BCUT2D eigenvalue weighted by Gasteiger charge is -2.17. The Hall–Kier alpha value is -0.960. The van der Waals surface area contributed by atoms with Gasteiger partial charge in [0, 0.05) is 13.6 Å². The van der Waals surface area contributed by atoms with Crippen molar-refractivity contribution in [1.82, 2.24) is 4.31 Å². The second kappa shape index (κ2) is 5.80. The van der Waals surface area contributed by atoms with E-state index in [1.807, 2.05) is 11.4 Å². The molecule has 108 valence electrons. The predicted molar refractivity (Wildman–Crippen MR) is 81.5 cm³/mol. The summed E-state index contributed by atoms with van der Waals surface area (Å²) < 4.78 is 40.2. The monoisotopic (exact) mass is 378 g/mol. The molecule has 1 heterocycles. The lowest BCUT2D eigenvalue weighted by Crippen LogP contribution is -2.27. The molecule has 1 aromatic heterocycles. The van der Waals surface area contributed by atoms with Crippen LogP contribution in [-0.2, 0) is 16.6 Å². The zero-order chi connectivity index (χ0) is 14.9. The summed E-state index contributed by atoms with van der Waals surface area (Å²) in [5, 5.41) is 1.85. The van der Waals surface area contributed by atoms with Gasteiger partial charge in [0.15, 0.2) is 0 Å². The molecular weight excluding hydrogens is 367 g/mol. The van der Waals surface area contributed by atoms with Crippen molar-refractivity contribution in [1.29, 1.82) is 0 Å². The Morgan fingerprint density at radius 3 is 2.75 bits per heavy atom. The lowest BCUT2D eigenvalue weighted by molar-refractivity contribution is 0.467. The molecule has 20 heavy (non-hydrogen) atoms. The minimum atomic E-state index is -3.82. The van der Waals surface area contributed by atoms with Gasteiger partial charge in [0.1, 0.15) is 10.7 Å². The van der Waals surface area contributed by atoms with E-state index in [2.05, 4.69) is 15.9 Å². The van der Waals surface area contributed by atoms with Crippen molar-refractivity contribution in [2.24, 2.45) is 0 Å². The van der Waals surface area contributed by atoms with E-state index < -0.39 is 15.8 Å². The van der Waals surface area contributed by atoms with Crippen LogP contribution in [0.1, 0.15) is 5.56 Å². The Balaban J connectivity index is 2.32. The second-order valence-corrected chi connectivity index (χ2v) is 8.48. The zero-order valence-electron chi connectivity index (χ0n) is 10.5. The van der Waals surface area contributed by atoms with Gasteiger partial charge in [-0.3, -0.25) is 0 Å². The van der Waals surface area contributed by atoms with Crippen LogP contribution in [0.15, 0.2) is 38.3 Å². The fourth-order valence-electron chi connectivity index (χ4n) is 1.68. The minimum absolute atomic E-state index is 0.195. The van der Waals surface area contributed by atoms with Gasteiger partial charge in [0.2, 0.25) is 10.0 Å². The molecule has 0 amide bonds. The molecule has 0 spiro atoms. The summed E-state index contributed by atoms with van der Waals surface area (Å²) in [5.74, 6) is -0.738. The van der Waals surface area contributed by atoms with Gasteiger partial charge in [-0.25, -0.2) is 12.8 Å². The highest BCUT2D eigenvalue weighted by atomic mass is 79.9. The first kappa shape index (κ1) is 15.4. The number of halogens is 2. The predicted octanol–water partition coefficient (Wildman–Crippen LogP) is 3.05. The molecule has 0 bridgehead atoms. The number of nitrogens with zero attached hydrogens (tertiary/aromatic N) is 1. The van der Waals surface area contributed by atoms with Crippen molar-refractivity contribution in [3.05, 3.63) is 44.8 Å². The number of anilines is 1. The van der Waals surface area contributed by atoms with Crippen LogP contribution in [0, 0.1) is 5.82 Å². The standard InChI is InChI=1S/C12H12BrFN2O2S2/c1-16(6-8-5-11(13)19-7-8)20(17,18)10-4-2-3-9(14)12(10)15/h2-5,7H,6,15H2,1H3. The van der Waals surface area contributed by atoms with Crippen LogP contribution in [0.5, 0.6) is 0 Å². The number of rotatable bonds is 4. The van der Waals surface area contributed by atoms with Crippen molar-refractivity contribution >= 4 is 43.0 Å². The van der Waals surface area contributed by atoms with Gasteiger partial charge in [0.05, 0.1) is 9.47 Å². The maximum Gasteiger partial charge on any atom is 0.245 e. The van der Waals surface area contributed by atoms with Crippen molar-refractivity contribution in [3.63, 3.8) is 0 Å². The highest BCUT2D eigenvalue weighted by Gasteiger charge is 2.24. The smallest absolute Gasteiger partial charge is 0.245 e. The number of nitrogens with two attached hydrogens (primary N) is 1. The maximum atomic E-state index is 13.4. The maximum absolute atomic E-state index is 13.4. The number of hydrogen-bond acceptors (Lipinski definition) is 4. The molecule has 0 radical (unpaired) electrons. The average molecular weight is 379 g/mol. The van der Waals surface area contributed by atoms with Crippen LogP contribution in [0.2, 0.25) is 0 Å². The zero-order valence-corrected chi connectivity index (χ0v) is 13.7. The Labute approximate surface area is 129 Å². The van der Waals surface area contributed by atoms with E-state index in [0.29, 0.717) is 0 Å². The van der Waals surface area contributed by atoms with Crippen LogP contribution in [0.3, 0.4) is 0 Å². The summed E-state index contributed by atoms with van der Waals surface area (Å²) >= 11 is 4.79. The van der Waals surface area contributed by atoms with E-state index in [0.717, 1.165) is 19.7 Å². The molecule has 0 atom stereocenters. The quantitative estimate of drug-likeness (QED) is 0.831. The van der Waals surface area contributed by atoms with Crippen molar-refractivity contribution < 1.29 is 12.8 Å². The number of sulfonamides is 1. The molecule has 0 aliphatic heterocycles. The summed E-state index contributed by atoms with van der Waals surface area (Å²) in [5.41, 5.74) is 6.01. The summed E-state index contributed by atoms with van der Waals surface area (Å²) in [4.78, 5) is -0.214. The van der Waals surface area contributed by atoms with E-state index >= 15 is 0 Å². The van der Waals surface area contributed by atoms with Crippen LogP contribution >= 0.6 is 27.3 Å². The first-order valence-corrected chi connectivity index (χ1v) is 8.67.